The van der Waals surface area contributed by atoms with Gasteiger partial charge in [0.25, 0.3) is 0 Å². The molecule has 2 aromatic heterocycles. The topological polar surface area (TPSA) is 33.8 Å². The van der Waals surface area contributed by atoms with E-state index in [1.165, 1.54) is 24.3 Å². The van der Waals surface area contributed by atoms with Crippen LogP contribution in [0.1, 0.15) is 10.4 Å². The molecule has 0 fully saturated rings. The van der Waals surface area contributed by atoms with Crippen molar-refractivity contribution in [2.75, 3.05) is 0 Å². The van der Waals surface area contributed by atoms with Gasteiger partial charge >= 0.3 is 0 Å². The largest absolute Gasteiger partial charge is 0.287 e. The third-order valence-electron chi connectivity index (χ3n) is 3.40. The molecule has 0 N–H and O–H groups in total. The van der Waals surface area contributed by atoms with Gasteiger partial charge in [-0.3, -0.25) is 9.78 Å². The van der Waals surface area contributed by atoms with Crippen LogP contribution in [0, 0.1) is 5.82 Å². The van der Waals surface area contributed by atoms with Gasteiger partial charge in [-0.05, 0) is 42.5 Å². The zero-order valence-corrected chi connectivity index (χ0v) is 13.9. The van der Waals surface area contributed by atoms with E-state index >= 15 is 0 Å². The molecular formula is C18H15BrFN2O+. The first-order valence-corrected chi connectivity index (χ1v) is 6.92. The summed E-state index contributed by atoms with van der Waals surface area (Å²) >= 11 is 0. The molecule has 3 aromatic rings. The van der Waals surface area contributed by atoms with Crippen LogP contribution in [0.15, 0.2) is 73.2 Å². The van der Waals surface area contributed by atoms with E-state index in [4.69, 9.17) is 0 Å². The van der Waals surface area contributed by atoms with Crippen LogP contribution in [0.3, 0.4) is 0 Å². The van der Waals surface area contributed by atoms with E-state index < -0.39 is 0 Å². The van der Waals surface area contributed by atoms with Gasteiger partial charge in [0.05, 0.1) is 0 Å². The van der Waals surface area contributed by atoms with E-state index in [2.05, 4.69) is 4.98 Å². The molecule has 0 aliphatic carbocycles. The van der Waals surface area contributed by atoms with Gasteiger partial charge in [-0.2, -0.15) is 4.57 Å². The van der Waals surface area contributed by atoms with Gasteiger partial charge in [0.15, 0.2) is 6.20 Å². The van der Waals surface area contributed by atoms with Crippen molar-refractivity contribution in [2.24, 2.45) is 0 Å². The number of ketones is 1. The minimum absolute atomic E-state index is 0. The summed E-state index contributed by atoms with van der Waals surface area (Å²) in [6, 6.07) is 15.2. The van der Waals surface area contributed by atoms with Crippen LogP contribution in [0.5, 0.6) is 0 Å². The summed E-state index contributed by atoms with van der Waals surface area (Å²) in [5, 5.41) is 0. The highest BCUT2D eigenvalue weighted by atomic mass is 79.9. The first kappa shape index (κ1) is 17.0. The first-order chi connectivity index (χ1) is 10.7. The van der Waals surface area contributed by atoms with Gasteiger partial charge in [-0.1, -0.05) is 0 Å². The minimum atomic E-state index is -0.346. The maximum Gasteiger partial charge on any atom is 0.227 e. The molecule has 1 aromatic carbocycles. The summed E-state index contributed by atoms with van der Waals surface area (Å²) in [4.78, 5) is 16.4. The van der Waals surface area contributed by atoms with Gasteiger partial charge < -0.3 is 0 Å². The van der Waals surface area contributed by atoms with Crippen molar-refractivity contribution >= 4 is 22.8 Å². The normalized spacial score (nSPS) is 9.96. The lowest BCUT2D eigenvalue weighted by molar-refractivity contribution is -0.672. The molecule has 0 atom stereocenters. The molecular weight excluding hydrogens is 359 g/mol. The number of aromatic nitrogens is 2. The molecule has 0 spiro atoms. The highest BCUT2D eigenvalue weighted by Crippen LogP contribution is 2.13. The van der Waals surface area contributed by atoms with E-state index in [1.54, 1.807) is 12.4 Å². The molecule has 3 nitrogen and oxygen atoms in total. The van der Waals surface area contributed by atoms with E-state index in [0.717, 1.165) is 11.3 Å². The second-order valence-corrected chi connectivity index (χ2v) is 4.88. The molecule has 0 aliphatic heterocycles. The standard InChI is InChI=1S/C18H14FN2O.BrH/c19-16-6-4-15(5-7-16)18(22)13-21-12-2-1-3-17(21)14-8-10-20-11-9-14;/h1-12H,13H2;1H/q+1;. The number of carbonyl (C=O) groups is 1. The molecule has 0 radical (unpaired) electrons. The zero-order chi connectivity index (χ0) is 15.4. The average molecular weight is 374 g/mol. The molecule has 3 rings (SSSR count). The fourth-order valence-electron chi connectivity index (χ4n) is 2.28. The Morgan fingerprint density at radius 1 is 1.00 bits per heavy atom. The Labute approximate surface area is 144 Å². The van der Waals surface area contributed by atoms with Gasteiger partial charge in [0.2, 0.25) is 18.0 Å². The van der Waals surface area contributed by atoms with Crippen molar-refractivity contribution < 1.29 is 13.8 Å². The van der Waals surface area contributed by atoms with E-state index in [-0.39, 0.29) is 35.1 Å². The number of halogens is 2. The summed E-state index contributed by atoms with van der Waals surface area (Å²) in [6.07, 6.45) is 5.29. The highest BCUT2D eigenvalue weighted by molar-refractivity contribution is 8.93. The quantitative estimate of drug-likeness (QED) is 0.516. The van der Waals surface area contributed by atoms with E-state index in [0.29, 0.717) is 5.56 Å². The van der Waals surface area contributed by atoms with Gasteiger partial charge in [-0.15, -0.1) is 17.0 Å². The Kier molecular flexibility index (Phi) is 5.71. The minimum Gasteiger partial charge on any atom is -0.287 e. The van der Waals surface area contributed by atoms with Crippen molar-refractivity contribution in [1.29, 1.82) is 0 Å². The van der Waals surface area contributed by atoms with Crippen LogP contribution in [-0.2, 0) is 6.54 Å². The molecule has 0 unspecified atom stereocenters. The lowest BCUT2D eigenvalue weighted by Crippen LogP contribution is -2.39. The monoisotopic (exact) mass is 373 g/mol. The molecule has 0 amide bonds. The predicted octanol–water partition coefficient (Wildman–Crippen LogP) is 3.64. The average Bonchev–Trinajstić information content (AvgIpc) is 2.57. The fraction of sp³-hybridized carbons (Fsp3) is 0.0556. The van der Waals surface area contributed by atoms with Crippen molar-refractivity contribution in [1.82, 2.24) is 4.98 Å². The van der Waals surface area contributed by atoms with Crippen LogP contribution in [0.4, 0.5) is 4.39 Å². The molecule has 0 aliphatic rings. The number of hydrogen-bond acceptors (Lipinski definition) is 2. The summed E-state index contributed by atoms with van der Waals surface area (Å²) < 4.78 is 14.8. The second kappa shape index (κ2) is 7.74. The van der Waals surface area contributed by atoms with Crippen LogP contribution in [-0.4, -0.2) is 10.8 Å². The zero-order valence-electron chi connectivity index (χ0n) is 12.2. The number of pyridine rings is 2. The van der Waals surface area contributed by atoms with Crippen molar-refractivity contribution in [3.8, 4) is 11.3 Å². The maximum atomic E-state index is 12.9. The number of carbonyl (C=O) groups excluding carboxylic acids is 1. The molecule has 0 bridgehead atoms. The van der Waals surface area contributed by atoms with Crippen LogP contribution in [0.25, 0.3) is 11.3 Å². The number of nitrogens with zero attached hydrogens (tertiary/aromatic N) is 2. The highest BCUT2D eigenvalue weighted by Gasteiger charge is 2.17. The fourth-order valence-corrected chi connectivity index (χ4v) is 2.28. The maximum absolute atomic E-state index is 12.9. The Morgan fingerprint density at radius 3 is 2.39 bits per heavy atom. The van der Waals surface area contributed by atoms with Crippen LogP contribution in [0.2, 0.25) is 0 Å². The van der Waals surface area contributed by atoms with Crippen molar-refractivity contribution in [2.45, 2.75) is 6.54 Å². The first-order valence-electron chi connectivity index (χ1n) is 6.92. The van der Waals surface area contributed by atoms with E-state index in [9.17, 15) is 9.18 Å². The van der Waals surface area contributed by atoms with Crippen LogP contribution >= 0.6 is 17.0 Å². The molecule has 0 saturated heterocycles. The molecule has 5 heteroatoms. The lowest BCUT2D eigenvalue weighted by atomic mass is 10.1. The number of benzene rings is 1. The van der Waals surface area contributed by atoms with Gasteiger partial charge in [0.1, 0.15) is 5.82 Å². The Balaban J connectivity index is 0.00000192. The molecule has 0 saturated carbocycles. The predicted molar refractivity (Wildman–Crippen MR) is 90.9 cm³/mol. The molecule has 23 heavy (non-hydrogen) atoms. The Hall–Kier alpha value is -2.40. The SMILES string of the molecule is Br.O=C(C[n+]1ccccc1-c1ccncc1)c1ccc(F)cc1. The number of hydrogen-bond donors (Lipinski definition) is 0. The second-order valence-electron chi connectivity index (χ2n) is 4.88. The summed E-state index contributed by atoms with van der Waals surface area (Å²) in [5.41, 5.74) is 2.42. The van der Waals surface area contributed by atoms with Gasteiger partial charge in [-0.25, -0.2) is 4.39 Å². The van der Waals surface area contributed by atoms with E-state index in [1.807, 2.05) is 41.1 Å². The summed E-state index contributed by atoms with van der Waals surface area (Å²) in [5.74, 6) is -0.409. The number of rotatable bonds is 4. The third-order valence-corrected chi connectivity index (χ3v) is 3.40. The van der Waals surface area contributed by atoms with Crippen LogP contribution < -0.4 is 4.57 Å². The summed E-state index contributed by atoms with van der Waals surface area (Å²) in [7, 11) is 0. The Bertz CT molecular complexity index is 792. The summed E-state index contributed by atoms with van der Waals surface area (Å²) in [6.45, 7) is 0.199. The molecule has 2 heterocycles. The third kappa shape index (κ3) is 4.07. The smallest absolute Gasteiger partial charge is 0.227 e. The lowest BCUT2D eigenvalue weighted by Gasteiger charge is -2.04. The van der Waals surface area contributed by atoms with Crippen molar-refractivity contribution in [3.63, 3.8) is 0 Å². The molecule has 116 valence electrons. The van der Waals surface area contributed by atoms with Crippen molar-refractivity contribution in [3.05, 3.63) is 84.6 Å². The Morgan fingerprint density at radius 2 is 1.70 bits per heavy atom. The van der Waals surface area contributed by atoms with Gasteiger partial charge in [0, 0.05) is 35.7 Å². The number of Topliss-reactive ketones (excluding diaryl/α,β-unsaturated/α-hetero) is 1.